The van der Waals surface area contributed by atoms with E-state index in [1.54, 1.807) is 6.20 Å². The summed E-state index contributed by atoms with van der Waals surface area (Å²) in [5.74, 6) is -0.566. The Morgan fingerprint density at radius 3 is 2.76 bits per heavy atom. The van der Waals surface area contributed by atoms with Crippen molar-refractivity contribution in [2.45, 2.75) is 57.4 Å². The quantitative estimate of drug-likeness (QED) is 0.715. The molecule has 1 aliphatic carbocycles. The van der Waals surface area contributed by atoms with Crippen LogP contribution in [0.5, 0.6) is 0 Å². The number of nitrogens with one attached hydrogen (secondary N) is 2. The molecule has 1 aliphatic rings. The van der Waals surface area contributed by atoms with Crippen molar-refractivity contribution in [2.24, 2.45) is 5.92 Å². The Morgan fingerprint density at radius 2 is 2.14 bits per heavy atom. The van der Waals surface area contributed by atoms with Crippen molar-refractivity contribution in [1.82, 2.24) is 15.3 Å². The molecule has 0 unspecified atom stereocenters. The lowest BCUT2D eigenvalue weighted by atomic mass is 9.86. The van der Waals surface area contributed by atoms with E-state index in [9.17, 15) is 14.7 Å². The molecule has 0 bridgehead atoms. The SMILES string of the molecule is O=C(CCC1CCCCC1)N[C@H](Cc1cnc[nH]1)C(=O)O. The molecule has 2 rings (SSSR count). The van der Waals surface area contributed by atoms with Crippen LogP contribution in [0.1, 0.15) is 50.6 Å². The number of carbonyl (C=O) groups excluding carboxylic acids is 1. The van der Waals surface area contributed by atoms with Crippen molar-refractivity contribution in [3.8, 4) is 0 Å². The van der Waals surface area contributed by atoms with E-state index in [0.29, 0.717) is 18.0 Å². The lowest BCUT2D eigenvalue weighted by Crippen LogP contribution is -2.42. The highest BCUT2D eigenvalue weighted by molar-refractivity contribution is 5.83. The Bertz CT molecular complexity index is 453. The molecule has 21 heavy (non-hydrogen) atoms. The molecule has 0 spiro atoms. The highest BCUT2D eigenvalue weighted by Gasteiger charge is 2.22. The number of carboxylic acid groups (broad SMARTS) is 1. The molecule has 1 heterocycles. The molecule has 1 aromatic heterocycles. The number of carbonyl (C=O) groups is 2. The van der Waals surface area contributed by atoms with Gasteiger partial charge >= 0.3 is 5.97 Å². The first-order chi connectivity index (χ1) is 10.1. The third-order valence-corrected chi connectivity index (χ3v) is 4.12. The van der Waals surface area contributed by atoms with E-state index in [1.165, 1.54) is 38.4 Å². The van der Waals surface area contributed by atoms with Gasteiger partial charge in [0.2, 0.25) is 5.91 Å². The fourth-order valence-electron chi connectivity index (χ4n) is 2.89. The normalized spacial score (nSPS) is 17.3. The number of aromatic amines is 1. The van der Waals surface area contributed by atoms with Gasteiger partial charge < -0.3 is 15.4 Å². The number of aromatic nitrogens is 2. The number of amides is 1. The second kappa shape index (κ2) is 7.81. The van der Waals surface area contributed by atoms with Crippen LogP contribution in [-0.2, 0) is 16.0 Å². The van der Waals surface area contributed by atoms with Crippen LogP contribution in [0, 0.1) is 5.92 Å². The van der Waals surface area contributed by atoms with Gasteiger partial charge in [0, 0.05) is 24.7 Å². The largest absolute Gasteiger partial charge is 0.480 e. The highest BCUT2D eigenvalue weighted by atomic mass is 16.4. The average molecular weight is 293 g/mol. The Kier molecular flexibility index (Phi) is 5.78. The van der Waals surface area contributed by atoms with E-state index >= 15 is 0 Å². The van der Waals surface area contributed by atoms with Gasteiger partial charge in [0.05, 0.1) is 6.33 Å². The Morgan fingerprint density at radius 1 is 1.38 bits per heavy atom. The van der Waals surface area contributed by atoms with Gasteiger partial charge in [-0.05, 0) is 12.3 Å². The zero-order valence-corrected chi connectivity index (χ0v) is 12.2. The number of nitrogens with zero attached hydrogens (tertiary/aromatic N) is 1. The van der Waals surface area contributed by atoms with E-state index in [2.05, 4.69) is 15.3 Å². The maximum atomic E-state index is 11.9. The summed E-state index contributed by atoms with van der Waals surface area (Å²) in [7, 11) is 0. The molecule has 3 N–H and O–H groups in total. The minimum absolute atomic E-state index is 0.174. The minimum Gasteiger partial charge on any atom is -0.480 e. The van der Waals surface area contributed by atoms with Gasteiger partial charge in [0.25, 0.3) is 0 Å². The number of H-pyrrole nitrogens is 1. The molecule has 0 aliphatic heterocycles. The first-order valence-corrected chi connectivity index (χ1v) is 7.64. The minimum atomic E-state index is -1.02. The number of hydrogen-bond acceptors (Lipinski definition) is 3. The summed E-state index contributed by atoms with van der Waals surface area (Å²) < 4.78 is 0. The number of imidazole rings is 1. The van der Waals surface area contributed by atoms with Crippen LogP contribution in [0.25, 0.3) is 0 Å². The van der Waals surface area contributed by atoms with Crippen molar-refractivity contribution < 1.29 is 14.7 Å². The Labute approximate surface area is 124 Å². The predicted octanol–water partition coefficient (Wildman–Crippen LogP) is 1.88. The standard InChI is InChI=1S/C15H23N3O3/c19-14(7-6-11-4-2-1-3-5-11)18-13(15(20)21)8-12-9-16-10-17-12/h9-11,13H,1-8H2,(H,16,17)(H,18,19)(H,20,21)/t13-/m1/s1. The van der Waals surface area contributed by atoms with Crippen molar-refractivity contribution in [3.05, 3.63) is 18.2 Å². The zero-order valence-electron chi connectivity index (χ0n) is 12.2. The van der Waals surface area contributed by atoms with Gasteiger partial charge in [-0.15, -0.1) is 0 Å². The molecule has 0 aromatic carbocycles. The topological polar surface area (TPSA) is 95.1 Å². The van der Waals surface area contributed by atoms with Crippen molar-refractivity contribution in [1.29, 1.82) is 0 Å². The third kappa shape index (κ3) is 5.21. The molecule has 1 fully saturated rings. The summed E-state index contributed by atoms with van der Waals surface area (Å²) in [6, 6.07) is -0.899. The van der Waals surface area contributed by atoms with Gasteiger partial charge in [-0.3, -0.25) is 4.79 Å². The van der Waals surface area contributed by atoms with Gasteiger partial charge in [0.1, 0.15) is 6.04 Å². The molecule has 1 atom stereocenters. The molecular weight excluding hydrogens is 270 g/mol. The van der Waals surface area contributed by atoms with Crippen molar-refractivity contribution in [3.63, 3.8) is 0 Å². The van der Waals surface area contributed by atoms with Crippen molar-refractivity contribution >= 4 is 11.9 Å². The first-order valence-electron chi connectivity index (χ1n) is 7.64. The molecule has 0 radical (unpaired) electrons. The van der Waals surface area contributed by atoms with E-state index in [-0.39, 0.29) is 12.3 Å². The monoisotopic (exact) mass is 293 g/mol. The van der Waals surface area contributed by atoms with Crippen LogP contribution in [0.3, 0.4) is 0 Å². The van der Waals surface area contributed by atoms with E-state index in [0.717, 1.165) is 6.42 Å². The number of aliphatic carboxylic acids is 1. The summed E-state index contributed by atoms with van der Waals surface area (Å²) in [5.41, 5.74) is 0.704. The fraction of sp³-hybridized carbons (Fsp3) is 0.667. The molecular formula is C15H23N3O3. The van der Waals surface area contributed by atoms with Crippen LogP contribution >= 0.6 is 0 Å². The van der Waals surface area contributed by atoms with Crippen LogP contribution in [-0.4, -0.2) is 33.0 Å². The molecule has 6 heteroatoms. The smallest absolute Gasteiger partial charge is 0.326 e. The average Bonchev–Trinajstić information content (AvgIpc) is 2.98. The zero-order chi connectivity index (χ0) is 15.1. The Hall–Kier alpha value is -1.85. The van der Waals surface area contributed by atoms with Crippen LogP contribution in [0.2, 0.25) is 0 Å². The summed E-state index contributed by atoms with van der Waals surface area (Å²) in [5, 5.41) is 11.8. The number of carboxylic acids is 1. The molecule has 1 amide bonds. The van der Waals surface area contributed by atoms with Crippen molar-refractivity contribution in [2.75, 3.05) is 0 Å². The Balaban J connectivity index is 1.76. The fourth-order valence-corrected chi connectivity index (χ4v) is 2.89. The lowest BCUT2D eigenvalue weighted by molar-refractivity contribution is -0.141. The van der Waals surface area contributed by atoms with Crippen LogP contribution in [0.15, 0.2) is 12.5 Å². The second-order valence-electron chi connectivity index (χ2n) is 5.78. The van der Waals surface area contributed by atoms with Gasteiger partial charge in [-0.25, -0.2) is 9.78 Å². The van der Waals surface area contributed by atoms with E-state index < -0.39 is 12.0 Å². The maximum absolute atomic E-state index is 11.9. The summed E-state index contributed by atoms with van der Waals surface area (Å²) >= 11 is 0. The van der Waals surface area contributed by atoms with Crippen LogP contribution < -0.4 is 5.32 Å². The molecule has 1 saturated carbocycles. The van der Waals surface area contributed by atoms with Crippen LogP contribution in [0.4, 0.5) is 0 Å². The van der Waals surface area contributed by atoms with Gasteiger partial charge in [0.15, 0.2) is 0 Å². The third-order valence-electron chi connectivity index (χ3n) is 4.12. The lowest BCUT2D eigenvalue weighted by Gasteiger charge is -2.21. The van der Waals surface area contributed by atoms with E-state index in [4.69, 9.17) is 0 Å². The number of rotatable bonds is 7. The summed E-state index contributed by atoms with van der Waals surface area (Å²) in [4.78, 5) is 29.9. The predicted molar refractivity (Wildman–Crippen MR) is 77.7 cm³/mol. The highest BCUT2D eigenvalue weighted by Crippen LogP contribution is 2.27. The second-order valence-corrected chi connectivity index (χ2v) is 5.78. The summed E-state index contributed by atoms with van der Waals surface area (Å²) in [6.45, 7) is 0. The molecule has 1 aromatic rings. The first kappa shape index (κ1) is 15.5. The van der Waals surface area contributed by atoms with Gasteiger partial charge in [-0.1, -0.05) is 32.1 Å². The number of hydrogen-bond donors (Lipinski definition) is 3. The molecule has 0 saturated heterocycles. The maximum Gasteiger partial charge on any atom is 0.326 e. The van der Waals surface area contributed by atoms with E-state index in [1.807, 2.05) is 0 Å². The molecule has 116 valence electrons. The van der Waals surface area contributed by atoms with Gasteiger partial charge in [-0.2, -0.15) is 0 Å². The summed E-state index contributed by atoms with van der Waals surface area (Å²) in [6.07, 6.45) is 10.8. The molecule has 6 nitrogen and oxygen atoms in total.